The van der Waals surface area contributed by atoms with Crippen LogP contribution in [-0.4, -0.2) is 11.4 Å². The van der Waals surface area contributed by atoms with Gasteiger partial charge in [0.2, 0.25) is 0 Å². The summed E-state index contributed by atoms with van der Waals surface area (Å²) in [6, 6.07) is 6.64. The molecule has 1 nitrogen and oxygen atoms in total. The fourth-order valence-electron chi connectivity index (χ4n) is 2.02. The van der Waals surface area contributed by atoms with Gasteiger partial charge < -0.3 is 4.74 Å². The molecule has 0 aliphatic carbocycles. The maximum absolute atomic E-state index is 5.51. The van der Waals surface area contributed by atoms with Gasteiger partial charge in [-0.05, 0) is 36.0 Å². The number of halogens is 1. The van der Waals surface area contributed by atoms with Gasteiger partial charge in [-0.2, -0.15) is 0 Å². The lowest BCUT2D eigenvalue weighted by atomic mass is 9.97. The van der Waals surface area contributed by atoms with E-state index in [1.807, 2.05) is 0 Å². The second-order valence-corrected chi connectivity index (χ2v) is 6.18. The van der Waals surface area contributed by atoms with E-state index in [2.05, 4.69) is 48.0 Å². The SMILES string of the molecule is CC(Br)C(C)CCc1ccc2c(c1)CCO2. The lowest BCUT2D eigenvalue weighted by molar-refractivity contribution is 0.357. The van der Waals surface area contributed by atoms with Gasteiger partial charge in [0.25, 0.3) is 0 Å². The Hall–Kier alpha value is -0.500. The first-order chi connectivity index (χ1) is 7.66. The molecule has 1 aliphatic heterocycles. The third-order valence-electron chi connectivity index (χ3n) is 3.43. The molecule has 2 heteroatoms. The molecule has 1 aromatic carbocycles. The predicted octanol–water partition coefficient (Wildman–Crippen LogP) is 3.97. The van der Waals surface area contributed by atoms with Crippen LogP contribution < -0.4 is 4.74 Å². The van der Waals surface area contributed by atoms with E-state index in [0.29, 0.717) is 4.83 Å². The van der Waals surface area contributed by atoms with Crippen LogP contribution >= 0.6 is 15.9 Å². The summed E-state index contributed by atoms with van der Waals surface area (Å²) < 4.78 is 5.51. The molecular formula is C14H19BrO. The van der Waals surface area contributed by atoms with E-state index in [9.17, 15) is 0 Å². The molecule has 16 heavy (non-hydrogen) atoms. The number of alkyl halides is 1. The molecule has 88 valence electrons. The monoisotopic (exact) mass is 282 g/mol. The maximum atomic E-state index is 5.51. The Balaban J connectivity index is 1.95. The zero-order valence-corrected chi connectivity index (χ0v) is 11.6. The lowest BCUT2D eigenvalue weighted by Gasteiger charge is -2.13. The molecule has 0 radical (unpaired) electrons. The number of hydrogen-bond donors (Lipinski definition) is 0. The molecule has 0 bridgehead atoms. The van der Waals surface area contributed by atoms with Gasteiger partial charge in [-0.3, -0.25) is 0 Å². The number of hydrogen-bond acceptors (Lipinski definition) is 1. The van der Waals surface area contributed by atoms with Crippen molar-refractivity contribution >= 4 is 15.9 Å². The van der Waals surface area contributed by atoms with Gasteiger partial charge in [-0.1, -0.05) is 41.9 Å². The van der Waals surface area contributed by atoms with E-state index >= 15 is 0 Å². The molecule has 2 atom stereocenters. The minimum absolute atomic E-state index is 0.602. The molecule has 0 spiro atoms. The summed E-state index contributed by atoms with van der Waals surface area (Å²) in [7, 11) is 0. The zero-order valence-electron chi connectivity index (χ0n) is 10.0. The summed E-state index contributed by atoms with van der Waals surface area (Å²) in [5.74, 6) is 1.81. The van der Waals surface area contributed by atoms with E-state index in [1.165, 1.54) is 24.0 Å². The largest absolute Gasteiger partial charge is 0.493 e. The fourth-order valence-corrected chi connectivity index (χ4v) is 2.28. The quantitative estimate of drug-likeness (QED) is 0.760. The third-order valence-corrected chi connectivity index (χ3v) is 4.33. The van der Waals surface area contributed by atoms with Gasteiger partial charge >= 0.3 is 0 Å². The summed E-state index contributed by atoms with van der Waals surface area (Å²) in [5.41, 5.74) is 2.83. The minimum atomic E-state index is 0.602. The van der Waals surface area contributed by atoms with E-state index in [4.69, 9.17) is 4.74 Å². The van der Waals surface area contributed by atoms with Crippen LogP contribution in [0.1, 0.15) is 31.4 Å². The molecule has 1 aliphatic rings. The van der Waals surface area contributed by atoms with Crippen LogP contribution in [0.2, 0.25) is 0 Å². The molecule has 0 amide bonds. The predicted molar refractivity (Wildman–Crippen MR) is 71.5 cm³/mol. The number of ether oxygens (including phenoxy) is 1. The standard InChI is InChI=1S/C14H19BrO/c1-10(11(2)15)3-4-12-5-6-14-13(9-12)7-8-16-14/h5-6,9-11H,3-4,7-8H2,1-2H3. The molecule has 0 N–H and O–H groups in total. The first-order valence-electron chi connectivity index (χ1n) is 6.05. The summed E-state index contributed by atoms with van der Waals surface area (Å²) in [6.45, 7) is 5.38. The van der Waals surface area contributed by atoms with Gasteiger partial charge in [-0.25, -0.2) is 0 Å². The van der Waals surface area contributed by atoms with Gasteiger partial charge in [-0.15, -0.1) is 0 Å². The van der Waals surface area contributed by atoms with E-state index in [-0.39, 0.29) is 0 Å². The van der Waals surface area contributed by atoms with Gasteiger partial charge in [0, 0.05) is 11.2 Å². The molecule has 2 unspecified atom stereocenters. The lowest BCUT2D eigenvalue weighted by Crippen LogP contribution is -2.07. The summed E-state index contributed by atoms with van der Waals surface area (Å²) >= 11 is 3.64. The van der Waals surface area contributed by atoms with Gasteiger partial charge in [0.15, 0.2) is 0 Å². The highest BCUT2D eigenvalue weighted by molar-refractivity contribution is 9.09. The Morgan fingerprint density at radius 3 is 2.94 bits per heavy atom. The van der Waals surface area contributed by atoms with Crippen molar-refractivity contribution in [2.24, 2.45) is 5.92 Å². The number of rotatable bonds is 4. The van der Waals surface area contributed by atoms with E-state index in [1.54, 1.807) is 0 Å². The van der Waals surface area contributed by atoms with Crippen LogP contribution in [0.15, 0.2) is 18.2 Å². The molecule has 0 saturated heterocycles. The highest BCUT2D eigenvalue weighted by Crippen LogP contribution is 2.27. The summed E-state index contributed by atoms with van der Waals surface area (Å²) in [5, 5.41) is 0. The number of aryl methyl sites for hydroxylation is 1. The highest BCUT2D eigenvalue weighted by atomic mass is 79.9. The Morgan fingerprint density at radius 2 is 2.19 bits per heavy atom. The van der Waals surface area contributed by atoms with Crippen LogP contribution in [0.4, 0.5) is 0 Å². The van der Waals surface area contributed by atoms with Crippen molar-refractivity contribution in [3.8, 4) is 5.75 Å². The van der Waals surface area contributed by atoms with E-state index < -0.39 is 0 Å². The van der Waals surface area contributed by atoms with E-state index in [0.717, 1.165) is 24.7 Å². The van der Waals surface area contributed by atoms with Crippen LogP contribution in [0.25, 0.3) is 0 Å². The average Bonchev–Trinajstić information content (AvgIpc) is 2.72. The van der Waals surface area contributed by atoms with Gasteiger partial charge in [0.05, 0.1) is 6.61 Å². The molecule has 1 aromatic rings. The van der Waals surface area contributed by atoms with Crippen LogP contribution in [0, 0.1) is 5.92 Å². The van der Waals surface area contributed by atoms with Crippen LogP contribution in [0.3, 0.4) is 0 Å². The molecule has 2 rings (SSSR count). The Morgan fingerprint density at radius 1 is 1.38 bits per heavy atom. The van der Waals surface area contributed by atoms with Gasteiger partial charge in [0.1, 0.15) is 5.75 Å². The van der Waals surface area contributed by atoms with Crippen LogP contribution in [-0.2, 0) is 12.8 Å². The van der Waals surface area contributed by atoms with Crippen molar-refractivity contribution in [2.45, 2.75) is 37.9 Å². The summed E-state index contributed by atoms with van der Waals surface area (Å²) in [4.78, 5) is 0.602. The topological polar surface area (TPSA) is 9.23 Å². The zero-order chi connectivity index (χ0) is 11.5. The first-order valence-corrected chi connectivity index (χ1v) is 6.97. The number of benzene rings is 1. The minimum Gasteiger partial charge on any atom is -0.493 e. The third kappa shape index (κ3) is 2.79. The molecule has 0 saturated carbocycles. The van der Waals surface area contributed by atoms with Crippen molar-refractivity contribution in [1.82, 2.24) is 0 Å². The Bertz CT molecular complexity index is 360. The van der Waals surface area contributed by atoms with Crippen molar-refractivity contribution in [3.63, 3.8) is 0 Å². The molecule has 0 aromatic heterocycles. The van der Waals surface area contributed by atoms with Crippen LogP contribution in [0.5, 0.6) is 5.75 Å². The number of fused-ring (bicyclic) bond motifs is 1. The average molecular weight is 283 g/mol. The Labute approximate surface area is 106 Å². The normalized spacial score (nSPS) is 17.7. The fraction of sp³-hybridized carbons (Fsp3) is 0.571. The molecule has 1 heterocycles. The molecular weight excluding hydrogens is 264 g/mol. The smallest absolute Gasteiger partial charge is 0.122 e. The van der Waals surface area contributed by atoms with Crippen molar-refractivity contribution in [2.75, 3.05) is 6.61 Å². The van der Waals surface area contributed by atoms with Crippen molar-refractivity contribution in [3.05, 3.63) is 29.3 Å². The van der Waals surface area contributed by atoms with Crippen molar-refractivity contribution in [1.29, 1.82) is 0 Å². The first kappa shape index (κ1) is 12.0. The molecule has 0 fully saturated rings. The summed E-state index contributed by atoms with van der Waals surface area (Å²) in [6.07, 6.45) is 3.49. The highest BCUT2D eigenvalue weighted by Gasteiger charge is 2.13. The Kier molecular flexibility index (Phi) is 3.91. The second-order valence-electron chi connectivity index (χ2n) is 4.73. The van der Waals surface area contributed by atoms with Crippen molar-refractivity contribution < 1.29 is 4.74 Å². The maximum Gasteiger partial charge on any atom is 0.122 e. The second kappa shape index (κ2) is 5.22.